The Hall–Kier alpha value is -2.08. The fourth-order valence-electron chi connectivity index (χ4n) is 2.09. The predicted octanol–water partition coefficient (Wildman–Crippen LogP) is 3.79. The first-order valence-electron chi connectivity index (χ1n) is 8.03. The molecule has 6 nitrogen and oxygen atoms in total. The zero-order chi connectivity index (χ0) is 17.4. The topological polar surface area (TPSA) is 66.2 Å². The Morgan fingerprint density at radius 3 is 2.62 bits per heavy atom. The molecule has 2 aromatic rings. The van der Waals surface area contributed by atoms with Crippen LogP contribution in [0.2, 0.25) is 0 Å². The third-order valence-electron chi connectivity index (χ3n) is 3.43. The molecule has 0 N–H and O–H groups in total. The van der Waals surface area contributed by atoms with Crippen molar-refractivity contribution in [3.8, 4) is 23.1 Å². The van der Waals surface area contributed by atoms with Crippen molar-refractivity contribution in [3.05, 3.63) is 24.3 Å². The highest BCUT2D eigenvalue weighted by Gasteiger charge is 2.18. The van der Waals surface area contributed by atoms with E-state index in [-0.39, 0.29) is 11.9 Å². The van der Waals surface area contributed by atoms with E-state index < -0.39 is 0 Å². The summed E-state index contributed by atoms with van der Waals surface area (Å²) in [6, 6.07) is 7.52. The average Bonchev–Trinajstić information content (AvgIpc) is 3.04. The summed E-state index contributed by atoms with van der Waals surface area (Å²) in [6.45, 7) is 2.60. The molecule has 0 aliphatic rings. The van der Waals surface area contributed by atoms with Gasteiger partial charge < -0.3 is 9.47 Å². The molecule has 0 saturated heterocycles. The van der Waals surface area contributed by atoms with Crippen LogP contribution in [0.4, 0.5) is 0 Å². The molecular formula is C17H22ClN3O3. The molecule has 0 amide bonds. The van der Waals surface area contributed by atoms with Crippen molar-refractivity contribution in [1.29, 1.82) is 0 Å². The number of hydrogen-bond donors (Lipinski definition) is 0. The average molecular weight is 352 g/mol. The maximum absolute atomic E-state index is 12.4. The van der Waals surface area contributed by atoms with E-state index in [4.69, 9.17) is 21.1 Å². The van der Waals surface area contributed by atoms with E-state index in [1.165, 1.54) is 4.68 Å². The third kappa shape index (κ3) is 4.71. The third-order valence-corrected chi connectivity index (χ3v) is 3.69. The normalized spacial score (nSPS) is 10.6. The van der Waals surface area contributed by atoms with Crippen molar-refractivity contribution < 1.29 is 14.3 Å². The van der Waals surface area contributed by atoms with Crippen molar-refractivity contribution in [2.75, 3.05) is 19.6 Å². The Labute approximate surface area is 146 Å². The van der Waals surface area contributed by atoms with Crippen molar-refractivity contribution in [2.45, 2.75) is 32.6 Å². The number of hydrogen-bond acceptors (Lipinski definition) is 5. The first-order chi connectivity index (χ1) is 11.7. The lowest BCUT2D eigenvalue weighted by atomic mass is 10.2. The van der Waals surface area contributed by atoms with Crippen molar-refractivity contribution in [1.82, 2.24) is 14.8 Å². The van der Waals surface area contributed by atoms with E-state index in [1.807, 2.05) is 24.3 Å². The van der Waals surface area contributed by atoms with Crippen LogP contribution in [0.3, 0.4) is 0 Å². The molecular weight excluding hydrogens is 330 g/mol. The predicted molar refractivity (Wildman–Crippen MR) is 93.0 cm³/mol. The van der Waals surface area contributed by atoms with Gasteiger partial charge in [0, 0.05) is 17.9 Å². The molecule has 7 heteroatoms. The number of benzene rings is 1. The molecule has 0 saturated carbocycles. The first kappa shape index (κ1) is 18.3. The number of rotatable bonds is 9. The number of methoxy groups -OCH3 is 1. The minimum atomic E-state index is -0.153. The van der Waals surface area contributed by atoms with Gasteiger partial charge in [-0.2, -0.15) is 9.67 Å². The van der Waals surface area contributed by atoms with Crippen molar-refractivity contribution in [2.24, 2.45) is 0 Å². The van der Waals surface area contributed by atoms with Crippen LogP contribution in [0.5, 0.6) is 11.8 Å². The lowest BCUT2D eigenvalue weighted by Crippen LogP contribution is -2.14. The fraction of sp³-hybridized carbons (Fsp3) is 0.471. The monoisotopic (exact) mass is 351 g/mol. The van der Waals surface area contributed by atoms with Gasteiger partial charge in [0.05, 0.1) is 13.7 Å². The van der Waals surface area contributed by atoms with Crippen molar-refractivity contribution in [3.63, 3.8) is 0 Å². The standard InChI is InChI=1S/C17H22ClN3O3/c1-3-4-12-24-17-19-16(13-7-9-14(23-2)10-8-13)21(20-17)15(22)6-5-11-18/h7-10H,3-6,11-12H2,1-2H3. The highest BCUT2D eigenvalue weighted by molar-refractivity contribution is 6.17. The Morgan fingerprint density at radius 1 is 1.25 bits per heavy atom. The summed E-state index contributed by atoms with van der Waals surface area (Å²) in [5.41, 5.74) is 0.771. The van der Waals surface area contributed by atoms with Gasteiger partial charge in [0.2, 0.25) is 5.91 Å². The van der Waals surface area contributed by atoms with Crippen LogP contribution in [0.25, 0.3) is 11.4 Å². The number of nitrogens with zero attached hydrogens (tertiary/aromatic N) is 3. The number of ether oxygens (including phenoxy) is 2. The van der Waals surface area contributed by atoms with Gasteiger partial charge in [-0.05, 0) is 37.1 Å². The summed E-state index contributed by atoms with van der Waals surface area (Å²) in [5.74, 6) is 1.47. The highest BCUT2D eigenvalue weighted by Crippen LogP contribution is 2.23. The van der Waals surface area contributed by atoms with Gasteiger partial charge in [0.1, 0.15) is 5.75 Å². The van der Waals surface area contributed by atoms with Crippen LogP contribution < -0.4 is 9.47 Å². The van der Waals surface area contributed by atoms with Crippen LogP contribution in [0.15, 0.2) is 24.3 Å². The molecule has 0 fully saturated rings. The summed E-state index contributed by atoms with van der Waals surface area (Å²) >= 11 is 5.68. The molecule has 0 unspecified atom stereocenters. The summed E-state index contributed by atoms with van der Waals surface area (Å²) in [6.07, 6.45) is 2.83. The summed E-state index contributed by atoms with van der Waals surface area (Å²) in [7, 11) is 1.60. The maximum atomic E-state index is 12.4. The molecule has 1 aromatic heterocycles. The molecule has 0 bridgehead atoms. The second-order valence-corrected chi connectivity index (χ2v) is 5.62. The quantitative estimate of drug-likeness (QED) is 0.508. The first-order valence-corrected chi connectivity index (χ1v) is 8.56. The number of unbranched alkanes of at least 4 members (excludes halogenated alkanes) is 1. The number of halogens is 1. The highest BCUT2D eigenvalue weighted by atomic mass is 35.5. The van der Waals surface area contributed by atoms with Crippen molar-refractivity contribution >= 4 is 17.5 Å². The van der Waals surface area contributed by atoms with Crippen LogP contribution >= 0.6 is 11.6 Å². The van der Waals surface area contributed by atoms with Crippen LogP contribution in [0.1, 0.15) is 37.4 Å². The zero-order valence-corrected chi connectivity index (χ0v) is 14.8. The van der Waals surface area contributed by atoms with Crippen LogP contribution in [-0.4, -0.2) is 40.3 Å². The van der Waals surface area contributed by atoms with E-state index in [0.29, 0.717) is 31.2 Å². The van der Waals surface area contributed by atoms with E-state index in [2.05, 4.69) is 17.0 Å². The van der Waals surface area contributed by atoms with Gasteiger partial charge in [-0.25, -0.2) is 0 Å². The minimum Gasteiger partial charge on any atom is -0.497 e. The maximum Gasteiger partial charge on any atom is 0.336 e. The SMILES string of the molecule is CCCCOc1nc(-c2ccc(OC)cc2)n(C(=O)CCCCl)n1. The zero-order valence-electron chi connectivity index (χ0n) is 14.0. The summed E-state index contributed by atoms with van der Waals surface area (Å²) in [5, 5.41) is 4.21. The van der Waals surface area contributed by atoms with E-state index in [0.717, 1.165) is 24.2 Å². The number of carbonyl (C=O) groups is 1. The fourth-order valence-corrected chi connectivity index (χ4v) is 2.22. The smallest absolute Gasteiger partial charge is 0.336 e. The van der Waals surface area contributed by atoms with Crippen LogP contribution in [-0.2, 0) is 0 Å². The van der Waals surface area contributed by atoms with Gasteiger partial charge in [0.15, 0.2) is 5.82 Å². The van der Waals surface area contributed by atoms with E-state index in [9.17, 15) is 4.79 Å². The van der Waals surface area contributed by atoms with E-state index >= 15 is 0 Å². The second kappa shape index (κ2) is 9.27. The lowest BCUT2D eigenvalue weighted by molar-refractivity contribution is 0.0886. The van der Waals surface area contributed by atoms with Crippen LogP contribution in [0, 0.1) is 0 Å². The van der Waals surface area contributed by atoms with Gasteiger partial charge >= 0.3 is 6.01 Å². The van der Waals surface area contributed by atoms with Gasteiger partial charge in [-0.15, -0.1) is 16.7 Å². The van der Waals surface area contributed by atoms with Gasteiger partial charge in [-0.1, -0.05) is 13.3 Å². The summed E-state index contributed by atoms with van der Waals surface area (Å²) in [4.78, 5) is 16.8. The number of carbonyl (C=O) groups excluding carboxylic acids is 1. The Kier molecular flexibility index (Phi) is 7.06. The molecule has 24 heavy (non-hydrogen) atoms. The summed E-state index contributed by atoms with van der Waals surface area (Å²) < 4.78 is 12.0. The number of alkyl halides is 1. The molecule has 0 atom stereocenters. The largest absolute Gasteiger partial charge is 0.497 e. The molecule has 0 radical (unpaired) electrons. The molecule has 2 rings (SSSR count). The van der Waals surface area contributed by atoms with Gasteiger partial charge in [-0.3, -0.25) is 4.79 Å². The molecule has 1 aromatic carbocycles. The molecule has 1 heterocycles. The number of aromatic nitrogens is 3. The lowest BCUT2D eigenvalue weighted by Gasteiger charge is -2.05. The minimum absolute atomic E-state index is 0.153. The molecule has 0 aliphatic heterocycles. The molecule has 0 spiro atoms. The Bertz CT molecular complexity index is 656. The molecule has 0 aliphatic carbocycles. The Morgan fingerprint density at radius 2 is 2.00 bits per heavy atom. The molecule has 130 valence electrons. The van der Waals surface area contributed by atoms with Gasteiger partial charge in [0.25, 0.3) is 0 Å². The second-order valence-electron chi connectivity index (χ2n) is 5.25. The Balaban J connectivity index is 2.29. The van der Waals surface area contributed by atoms with E-state index in [1.54, 1.807) is 7.11 Å².